The predicted octanol–water partition coefficient (Wildman–Crippen LogP) is 2.61. The molecule has 1 aromatic rings. The zero-order valence-corrected chi connectivity index (χ0v) is 10.7. The number of hydrogen-bond donors (Lipinski definition) is 1. The molecule has 3 rings (SSSR count). The minimum absolute atomic E-state index is 0.0395. The molecule has 3 nitrogen and oxygen atoms in total. The maximum atomic E-state index is 12.2. The van der Waals surface area contributed by atoms with Gasteiger partial charge in [-0.25, -0.2) is 0 Å². The summed E-state index contributed by atoms with van der Waals surface area (Å²) < 4.78 is 5.15. The van der Waals surface area contributed by atoms with E-state index in [1.165, 1.54) is 25.7 Å². The zero-order valence-electron chi connectivity index (χ0n) is 10.7. The molecule has 18 heavy (non-hydrogen) atoms. The molecule has 3 heteroatoms. The molecule has 96 valence electrons. The predicted molar refractivity (Wildman–Crippen MR) is 69.7 cm³/mol. The van der Waals surface area contributed by atoms with Crippen molar-refractivity contribution in [1.29, 1.82) is 0 Å². The Hall–Kier alpha value is -1.51. The molecule has 0 aliphatic heterocycles. The van der Waals surface area contributed by atoms with Crippen LogP contribution in [0.2, 0.25) is 0 Å². The Balaban J connectivity index is 1.69. The molecule has 0 spiro atoms. The monoisotopic (exact) mass is 245 g/mol. The SMILES string of the molecule is COc1cccc(C(=O)NC(C2CC2)C2CC2)c1. The van der Waals surface area contributed by atoms with Gasteiger partial charge >= 0.3 is 0 Å². The first-order valence-electron chi connectivity index (χ1n) is 6.73. The number of rotatable bonds is 5. The second-order valence-corrected chi connectivity index (χ2v) is 5.41. The maximum absolute atomic E-state index is 12.2. The third kappa shape index (κ3) is 2.50. The van der Waals surface area contributed by atoms with E-state index in [1.54, 1.807) is 13.2 Å². The molecule has 2 fully saturated rings. The highest BCUT2D eigenvalue weighted by Crippen LogP contribution is 2.44. The Bertz CT molecular complexity index is 438. The zero-order chi connectivity index (χ0) is 12.5. The number of nitrogens with one attached hydrogen (secondary N) is 1. The van der Waals surface area contributed by atoms with Crippen LogP contribution in [0, 0.1) is 11.8 Å². The van der Waals surface area contributed by atoms with Crippen LogP contribution in [0.4, 0.5) is 0 Å². The van der Waals surface area contributed by atoms with E-state index in [4.69, 9.17) is 4.74 Å². The summed E-state index contributed by atoms with van der Waals surface area (Å²) in [6.45, 7) is 0. The second-order valence-electron chi connectivity index (χ2n) is 5.41. The third-order valence-corrected chi connectivity index (χ3v) is 3.89. The Morgan fingerprint density at radius 1 is 1.28 bits per heavy atom. The molecule has 2 saturated carbocycles. The van der Waals surface area contributed by atoms with Crippen LogP contribution in [0.1, 0.15) is 36.0 Å². The number of carbonyl (C=O) groups is 1. The molecular formula is C15H19NO2. The van der Waals surface area contributed by atoms with Crippen molar-refractivity contribution in [2.75, 3.05) is 7.11 Å². The minimum atomic E-state index is 0.0395. The van der Waals surface area contributed by atoms with Crippen LogP contribution in [0.15, 0.2) is 24.3 Å². The van der Waals surface area contributed by atoms with Crippen LogP contribution in [-0.4, -0.2) is 19.1 Å². The molecule has 0 heterocycles. The number of amides is 1. The van der Waals surface area contributed by atoms with Gasteiger partial charge in [-0.3, -0.25) is 4.79 Å². The van der Waals surface area contributed by atoms with E-state index in [9.17, 15) is 4.79 Å². The number of ether oxygens (including phenoxy) is 1. The molecule has 0 aromatic heterocycles. The standard InChI is InChI=1S/C15H19NO2/c1-18-13-4-2-3-12(9-13)15(17)16-14(10-5-6-10)11-7-8-11/h2-4,9-11,14H,5-8H2,1H3,(H,16,17). The average Bonchev–Trinajstić information content (AvgIpc) is 3.29. The van der Waals surface area contributed by atoms with Gasteiger partial charge in [-0.15, -0.1) is 0 Å². The summed E-state index contributed by atoms with van der Waals surface area (Å²) in [6.07, 6.45) is 5.11. The summed E-state index contributed by atoms with van der Waals surface area (Å²) in [4.78, 5) is 12.2. The van der Waals surface area contributed by atoms with E-state index in [1.807, 2.05) is 18.2 Å². The Morgan fingerprint density at radius 3 is 2.50 bits per heavy atom. The van der Waals surface area contributed by atoms with Gasteiger partial charge in [-0.2, -0.15) is 0 Å². The fraction of sp³-hybridized carbons (Fsp3) is 0.533. The van der Waals surface area contributed by atoms with Gasteiger partial charge in [0.15, 0.2) is 0 Å². The average molecular weight is 245 g/mol. The Morgan fingerprint density at radius 2 is 1.94 bits per heavy atom. The van der Waals surface area contributed by atoms with Crippen LogP contribution >= 0.6 is 0 Å². The molecule has 0 unspecified atom stereocenters. The van der Waals surface area contributed by atoms with Crippen LogP contribution in [0.3, 0.4) is 0 Å². The number of benzene rings is 1. The fourth-order valence-electron chi connectivity index (χ4n) is 2.53. The van der Waals surface area contributed by atoms with E-state index in [0.717, 1.165) is 17.6 Å². The van der Waals surface area contributed by atoms with Crippen molar-refractivity contribution in [2.24, 2.45) is 11.8 Å². The van der Waals surface area contributed by atoms with E-state index in [0.29, 0.717) is 11.6 Å². The topological polar surface area (TPSA) is 38.3 Å². The smallest absolute Gasteiger partial charge is 0.251 e. The van der Waals surface area contributed by atoms with Gasteiger partial charge in [0.05, 0.1) is 7.11 Å². The highest BCUT2D eigenvalue weighted by molar-refractivity contribution is 5.94. The van der Waals surface area contributed by atoms with Gasteiger partial charge < -0.3 is 10.1 Å². The molecule has 1 N–H and O–H groups in total. The van der Waals surface area contributed by atoms with Gasteiger partial charge in [0, 0.05) is 11.6 Å². The number of hydrogen-bond acceptors (Lipinski definition) is 2. The Labute approximate surface area is 108 Å². The highest BCUT2D eigenvalue weighted by atomic mass is 16.5. The van der Waals surface area contributed by atoms with Crippen molar-refractivity contribution in [2.45, 2.75) is 31.7 Å². The summed E-state index contributed by atoms with van der Waals surface area (Å²) >= 11 is 0. The first-order chi connectivity index (χ1) is 8.78. The fourth-order valence-corrected chi connectivity index (χ4v) is 2.53. The first kappa shape index (κ1) is 11.6. The van der Waals surface area contributed by atoms with E-state index >= 15 is 0 Å². The molecule has 0 radical (unpaired) electrons. The van der Waals surface area contributed by atoms with Gasteiger partial charge in [0.25, 0.3) is 5.91 Å². The normalized spacial score (nSPS) is 18.8. The van der Waals surface area contributed by atoms with Gasteiger partial charge in [-0.1, -0.05) is 6.07 Å². The van der Waals surface area contributed by atoms with Crippen molar-refractivity contribution in [1.82, 2.24) is 5.32 Å². The minimum Gasteiger partial charge on any atom is -0.497 e. The maximum Gasteiger partial charge on any atom is 0.251 e. The van der Waals surface area contributed by atoms with E-state index in [-0.39, 0.29) is 5.91 Å². The molecule has 1 aromatic carbocycles. The Kier molecular flexibility index (Phi) is 2.98. The van der Waals surface area contributed by atoms with Crippen molar-refractivity contribution >= 4 is 5.91 Å². The van der Waals surface area contributed by atoms with Crippen LogP contribution in [-0.2, 0) is 0 Å². The molecule has 0 saturated heterocycles. The number of carbonyl (C=O) groups excluding carboxylic acids is 1. The summed E-state index contributed by atoms with van der Waals surface area (Å²) in [5.41, 5.74) is 0.695. The molecule has 2 aliphatic rings. The van der Waals surface area contributed by atoms with Crippen molar-refractivity contribution in [3.63, 3.8) is 0 Å². The van der Waals surface area contributed by atoms with E-state index < -0.39 is 0 Å². The quantitative estimate of drug-likeness (QED) is 0.866. The molecule has 0 bridgehead atoms. The summed E-state index contributed by atoms with van der Waals surface area (Å²) in [5.74, 6) is 2.23. The molecule has 1 amide bonds. The van der Waals surface area contributed by atoms with Gasteiger partial charge in [0.2, 0.25) is 0 Å². The van der Waals surface area contributed by atoms with Gasteiger partial charge in [-0.05, 0) is 55.7 Å². The lowest BCUT2D eigenvalue weighted by Gasteiger charge is -2.17. The molecule has 2 aliphatic carbocycles. The highest BCUT2D eigenvalue weighted by Gasteiger charge is 2.42. The molecule has 0 atom stereocenters. The van der Waals surface area contributed by atoms with Gasteiger partial charge in [0.1, 0.15) is 5.75 Å². The van der Waals surface area contributed by atoms with Crippen molar-refractivity contribution < 1.29 is 9.53 Å². The summed E-state index contributed by atoms with van der Waals surface area (Å²) in [5, 5.41) is 3.21. The van der Waals surface area contributed by atoms with Crippen LogP contribution < -0.4 is 10.1 Å². The lowest BCUT2D eigenvalue weighted by Crippen LogP contribution is -2.38. The summed E-state index contributed by atoms with van der Waals surface area (Å²) in [6, 6.07) is 7.76. The second kappa shape index (κ2) is 4.63. The van der Waals surface area contributed by atoms with Crippen LogP contribution in [0.25, 0.3) is 0 Å². The lowest BCUT2D eigenvalue weighted by molar-refractivity contribution is 0.0926. The van der Waals surface area contributed by atoms with Crippen molar-refractivity contribution in [3.8, 4) is 5.75 Å². The summed E-state index contributed by atoms with van der Waals surface area (Å²) in [7, 11) is 1.62. The largest absolute Gasteiger partial charge is 0.497 e. The first-order valence-corrected chi connectivity index (χ1v) is 6.73. The van der Waals surface area contributed by atoms with Crippen molar-refractivity contribution in [3.05, 3.63) is 29.8 Å². The third-order valence-electron chi connectivity index (χ3n) is 3.89. The van der Waals surface area contributed by atoms with Crippen LogP contribution in [0.5, 0.6) is 5.75 Å². The lowest BCUT2D eigenvalue weighted by atomic mass is 10.1. The molecular weight excluding hydrogens is 226 g/mol. The number of methoxy groups -OCH3 is 1. The van der Waals surface area contributed by atoms with E-state index in [2.05, 4.69) is 5.32 Å².